The summed E-state index contributed by atoms with van der Waals surface area (Å²) in [6.07, 6.45) is 5.32. The van der Waals surface area contributed by atoms with Gasteiger partial charge < -0.3 is 9.73 Å². The van der Waals surface area contributed by atoms with Crippen LogP contribution < -0.4 is 5.32 Å². The Morgan fingerprint density at radius 1 is 1.03 bits per heavy atom. The van der Waals surface area contributed by atoms with Crippen LogP contribution >= 0.6 is 0 Å². The number of carbonyl (C=O) groups excluding carboxylic acids is 1. The van der Waals surface area contributed by atoms with E-state index in [1.807, 2.05) is 48.5 Å². The minimum atomic E-state index is -0.261. The Hall–Kier alpha value is -4.00. The summed E-state index contributed by atoms with van der Waals surface area (Å²) < 4.78 is 6.90. The normalized spacial score (nSPS) is 14.9. The molecule has 0 aliphatic heterocycles. The Bertz CT molecular complexity index is 1190. The van der Waals surface area contributed by atoms with Gasteiger partial charge in [0.2, 0.25) is 0 Å². The van der Waals surface area contributed by atoms with Gasteiger partial charge in [0.05, 0.1) is 6.26 Å². The van der Waals surface area contributed by atoms with E-state index in [0.29, 0.717) is 23.8 Å². The fraction of sp³-hybridized carbons (Fsp3) is 0.167. The van der Waals surface area contributed by atoms with Crippen molar-refractivity contribution in [2.45, 2.75) is 18.3 Å². The lowest BCUT2D eigenvalue weighted by atomic mass is 9.96. The molecule has 4 aromatic rings. The molecule has 154 valence electrons. The molecule has 0 atom stereocenters. The first kappa shape index (κ1) is 19.0. The van der Waals surface area contributed by atoms with E-state index >= 15 is 0 Å². The number of benzene rings is 2. The van der Waals surface area contributed by atoms with Crippen molar-refractivity contribution >= 4 is 17.7 Å². The highest BCUT2D eigenvalue weighted by atomic mass is 16.3. The summed E-state index contributed by atoms with van der Waals surface area (Å²) in [6, 6.07) is 23.4. The molecular formula is C24H21N5O2. The maximum absolute atomic E-state index is 13.3. The molecule has 1 aliphatic carbocycles. The molecule has 0 saturated heterocycles. The Labute approximate surface area is 179 Å². The number of nitrogens with zero attached hydrogens (tertiary/aromatic N) is 4. The van der Waals surface area contributed by atoms with Gasteiger partial charge >= 0.3 is 0 Å². The van der Waals surface area contributed by atoms with Crippen molar-refractivity contribution in [3.8, 4) is 11.4 Å². The maximum atomic E-state index is 13.3. The standard InChI is InChI=1S/C24H21N5O2/c30-23(25-17-24(13-14-24)19-10-5-2-6-11-19)21(16-20-12-7-15-31-20)29-22(26-27-28-29)18-8-3-1-4-9-18/h1-12,15-16H,13-14,17H2,(H,25,30)/b21-16+. The predicted molar refractivity (Wildman–Crippen MR) is 116 cm³/mol. The van der Waals surface area contributed by atoms with Crippen LogP contribution in [0.1, 0.15) is 24.2 Å². The van der Waals surface area contributed by atoms with E-state index in [2.05, 4.69) is 33.0 Å². The first-order chi connectivity index (χ1) is 15.3. The number of amides is 1. The van der Waals surface area contributed by atoms with Crippen LogP contribution in [-0.4, -0.2) is 32.7 Å². The zero-order valence-corrected chi connectivity index (χ0v) is 16.8. The van der Waals surface area contributed by atoms with Crippen LogP contribution in [0.5, 0.6) is 0 Å². The lowest BCUT2D eigenvalue weighted by Crippen LogP contribution is -2.34. The third-order valence-electron chi connectivity index (χ3n) is 5.61. The van der Waals surface area contributed by atoms with Gasteiger partial charge in [0.15, 0.2) is 5.82 Å². The minimum Gasteiger partial charge on any atom is -0.465 e. The molecule has 1 N–H and O–H groups in total. The molecule has 0 unspecified atom stereocenters. The highest BCUT2D eigenvalue weighted by Gasteiger charge is 2.44. The van der Waals surface area contributed by atoms with E-state index in [-0.39, 0.29) is 11.3 Å². The zero-order valence-electron chi connectivity index (χ0n) is 16.8. The van der Waals surface area contributed by atoms with Crippen molar-refractivity contribution in [1.29, 1.82) is 0 Å². The second kappa shape index (κ2) is 8.02. The summed E-state index contributed by atoms with van der Waals surface area (Å²) >= 11 is 0. The molecule has 1 amide bonds. The molecule has 31 heavy (non-hydrogen) atoms. The highest BCUT2D eigenvalue weighted by Crippen LogP contribution is 2.47. The van der Waals surface area contributed by atoms with Gasteiger partial charge in [0.1, 0.15) is 11.5 Å². The highest BCUT2D eigenvalue weighted by molar-refractivity contribution is 6.18. The number of aromatic nitrogens is 4. The Morgan fingerprint density at radius 2 is 1.77 bits per heavy atom. The number of furan rings is 1. The molecule has 7 nitrogen and oxygen atoms in total. The van der Waals surface area contributed by atoms with Crippen LogP contribution in [0.2, 0.25) is 0 Å². The second-order valence-electron chi connectivity index (χ2n) is 7.65. The van der Waals surface area contributed by atoms with Gasteiger partial charge in [-0.1, -0.05) is 60.7 Å². The fourth-order valence-electron chi connectivity index (χ4n) is 3.70. The van der Waals surface area contributed by atoms with E-state index in [1.165, 1.54) is 10.2 Å². The number of carbonyl (C=O) groups is 1. The number of nitrogens with one attached hydrogen (secondary N) is 1. The van der Waals surface area contributed by atoms with Crippen molar-refractivity contribution in [3.05, 3.63) is 90.4 Å². The molecular weight excluding hydrogens is 390 g/mol. The molecule has 1 saturated carbocycles. The molecule has 2 aromatic carbocycles. The van der Waals surface area contributed by atoms with Gasteiger partial charge in [0.25, 0.3) is 5.91 Å². The first-order valence-electron chi connectivity index (χ1n) is 10.2. The van der Waals surface area contributed by atoms with Crippen LogP contribution in [0.3, 0.4) is 0 Å². The van der Waals surface area contributed by atoms with Crippen molar-refractivity contribution in [2.24, 2.45) is 0 Å². The molecule has 2 aromatic heterocycles. The van der Waals surface area contributed by atoms with Crippen LogP contribution in [0.15, 0.2) is 83.5 Å². The van der Waals surface area contributed by atoms with Gasteiger partial charge in [-0.3, -0.25) is 4.79 Å². The summed E-state index contributed by atoms with van der Waals surface area (Å²) in [5.74, 6) is 0.768. The van der Waals surface area contributed by atoms with E-state index in [9.17, 15) is 4.79 Å². The van der Waals surface area contributed by atoms with Crippen molar-refractivity contribution < 1.29 is 9.21 Å². The van der Waals surface area contributed by atoms with Crippen molar-refractivity contribution in [1.82, 2.24) is 25.5 Å². The van der Waals surface area contributed by atoms with Gasteiger partial charge in [-0.05, 0) is 41.0 Å². The molecule has 1 aliphatic rings. The molecule has 5 rings (SSSR count). The largest absolute Gasteiger partial charge is 0.465 e. The summed E-state index contributed by atoms with van der Waals surface area (Å²) in [6.45, 7) is 0.550. The molecule has 2 heterocycles. The first-order valence-corrected chi connectivity index (χ1v) is 10.2. The SMILES string of the molecule is O=C(NCC1(c2ccccc2)CC1)/C(=C\c1ccco1)n1nnnc1-c1ccccc1. The summed E-state index contributed by atoms with van der Waals surface area (Å²) in [7, 11) is 0. The minimum absolute atomic E-state index is 0.00438. The van der Waals surface area contributed by atoms with Gasteiger partial charge in [-0.2, -0.15) is 4.68 Å². The molecule has 0 spiro atoms. The summed E-state index contributed by atoms with van der Waals surface area (Å²) in [4.78, 5) is 13.3. The smallest absolute Gasteiger partial charge is 0.270 e. The third kappa shape index (κ3) is 3.90. The third-order valence-corrected chi connectivity index (χ3v) is 5.61. The molecule has 1 fully saturated rings. The van der Waals surface area contributed by atoms with Gasteiger partial charge in [0, 0.05) is 23.6 Å². The predicted octanol–water partition coefficient (Wildman–Crippen LogP) is 3.78. The summed E-state index contributed by atoms with van der Waals surface area (Å²) in [5, 5.41) is 15.1. The van der Waals surface area contributed by atoms with Gasteiger partial charge in [-0.25, -0.2) is 0 Å². The van der Waals surface area contributed by atoms with Crippen LogP contribution in [0, 0.1) is 0 Å². The summed E-state index contributed by atoms with van der Waals surface area (Å²) in [5.41, 5.74) is 2.35. The second-order valence-corrected chi connectivity index (χ2v) is 7.65. The number of hydrogen-bond donors (Lipinski definition) is 1. The number of tetrazole rings is 1. The number of rotatable bonds is 7. The Kier molecular flexibility index (Phi) is 4.92. The van der Waals surface area contributed by atoms with Gasteiger partial charge in [-0.15, -0.1) is 5.10 Å². The Balaban J connectivity index is 1.45. The van der Waals surface area contributed by atoms with Crippen LogP contribution in [-0.2, 0) is 10.2 Å². The van der Waals surface area contributed by atoms with E-state index in [1.54, 1.807) is 24.5 Å². The monoisotopic (exact) mass is 411 g/mol. The number of hydrogen-bond acceptors (Lipinski definition) is 5. The lowest BCUT2D eigenvalue weighted by Gasteiger charge is -2.17. The van der Waals surface area contributed by atoms with E-state index < -0.39 is 0 Å². The average molecular weight is 411 g/mol. The fourth-order valence-corrected chi connectivity index (χ4v) is 3.70. The zero-order chi connectivity index (χ0) is 21.1. The van der Waals surface area contributed by atoms with E-state index in [0.717, 1.165) is 18.4 Å². The van der Waals surface area contributed by atoms with Crippen LogP contribution in [0.25, 0.3) is 23.2 Å². The van der Waals surface area contributed by atoms with Crippen molar-refractivity contribution in [2.75, 3.05) is 6.54 Å². The molecule has 0 radical (unpaired) electrons. The topological polar surface area (TPSA) is 85.8 Å². The molecule has 7 heteroatoms. The maximum Gasteiger partial charge on any atom is 0.270 e. The Morgan fingerprint density at radius 3 is 2.45 bits per heavy atom. The molecule has 0 bridgehead atoms. The van der Waals surface area contributed by atoms with E-state index in [4.69, 9.17) is 4.42 Å². The van der Waals surface area contributed by atoms with Crippen LogP contribution in [0.4, 0.5) is 0 Å². The lowest BCUT2D eigenvalue weighted by molar-refractivity contribution is -0.116. The quantitative estimate of drug-likeness (QED) is 0.468. The average Bonchev–Trinajstić information content (AvgIpc) is 3.20. The van der Waals surface area contributed by atoms with Crippen molar-refractivity contribution in [3.63, 3.8) is 0 Å².